The molecule has 1 aromatic carbocycles. The van der Waals surface area contributed by atoms with Gasteiger partial charge in [-0.15, -0.1) is 11.8 Å². The van der Waals surface area contributed by atoms with Gasteiger partial charge in [-0.05, 0) is 31.0 Å². The van der Waals surface area contributed by atoms with Crippen LogP contribution >= 0.6 is 35.0 Å². The van der Waals surface area contributed by atoms with E-state index in [1.807, 2.05) is 30.0 Å². The Bertz CT molecular complexity index is 332. The van der Waals surface area contributed by atoms with Gasteiger partial charge in [-0.1, -0.05) is 42.5 Å². The number of hydrogen-bond donors (Lipinski definition) is 0. The van der Waals surface area contributed by atoms with E-state index >= 15 is 0 Å². The van der Waals surface area contributed by atoms with Gasteiger partial charge in [-0.25, -0.2) is 0 Å². The summed E-state index contributed by atoms with van der Waals surface area (Å²) in [6.07, 6.45) is 6.73. The van der Waals surface area contributed by atoms with Gasteiger partial charge in [-0.3, -0.25) is 0 Å². The molecule has 0 aromatic heterocycles. The first-order valence-electron chi connectivity index (χ1n) is 5.37. The molecule has 82 valence electrons. The first-order chi connectivity index (χ1) is 7.25. The van der Waals surface area contributed by atoms with E-state index < -0.39 is 0 Å². The van der Waals surface area contributed by atoms with Gasteiger partial charge in [0.05, 0.1) is 5.02 Å². The average Bonchev–Trinajstić information content (AvgIpc) is 2.25. The van der Waals surface area contributed by atoms with Gasteiger partial charge < -0.3 is 0 Å². The van der Waals surface area contributed by atoms with Crippen molar-refractivity contribution in [1.29, 1.82) is 0 Å². The van der Waals surface area contributed by atoms with Crippen molar-refractivity contribution in [2.75, 3.05) is 0 Å². The molecular weight excluding hydrogens is 247 g/mol. The van der Waals surface area contributed by atoms with Crippen LogP contribution < -0.4 is 0 Å². The standard InChI is InChI=1S/C12H14Cl2S/c13-9-6-7-11(14)12(8-9)15-10-4-2-1-3-5-10/h6-8,10H,1-5H2. The van der Waals surface area contributed by atoms with Gasteiger partial charge in [0, 0.05) is 15.2 Å². The van der Waals surface area contributed by atoms with Crippen molar-refractivity contribution in [1.82, 2.24) is 0 Å². The van der Waals surface area contributed by atoms with Crippen LogP contribution in [0.4, 0.5) is 0 Å². The van der Waals surface area contributed by atoms with Gasteiger partial charge in [0.15, 0.2) is 0 Å². The van der Waals surface area contributed by atoms with Crippen LogP contribution in [0.3, 0.4) is 0 Å². The summed E-state index contributed by atoms with van der Waals surface area (Å²) in [6.45, 7) is 0. The van der Waals surface area contributed by atoms with Crippen LogP contribution in [-0.4, -0.2) is 5.25 Å². The van der Waals surface area contributed by atoms with Crippen LogP contribution in [-0.2, 0) is 0 Å². The second-order valence-corrected chi connectivity index (χ2v) is 6.14. The number of hydrogen-bond acceptors (Lipinski definition) is 1. The molecule has 0 spiro atoms. The zero-order chi connectivity index (χ0) is 10.7. The van der Waals surface area contributed by atoms with E-state index in [1.165, 1.54) is 32.1 Å². The van der Waals surface area contributed by atoms with Crippen LogP contribution in [0, 0.1) is 0 Å². The lowest BCUT2D eigenvalue weighted by atomic mass is 10.0. The Hall–Kier alpha value is 0.150. The molecule has 1 aromatic rings. The largest absolute Gasteiger partial charge is 0.121 e. The predicted molar refractivity (Wildman–Crippen MR) is 69.2 cm³/mol. The molecule has 0 atom stereocenters. The minimum absolute atomic E-state index is 0.731. The molecule has 0 heterocycles. The molecule has 1 fully saturated rings. The molecule has 0 amide bonds. The van der Waals surface area contributed by atoms with Crippen LogP contribution in [0.1, 0.15) is 32.1 Å². The zero-order valence-electron chi connectivity index (χ0n) is 8.51. The first kappa shape index (κ1) is 11.6. The Morgan fingerprint density at radius 2 is 1.80 bits per heavy atom. The number of benzene rings is 1. The van der Waals surface area contributed by atoms with E-state index in [0.29, 0.717) is 0 Å². The lowest BCUT2D eigenvalue weighted by Crippen LogP contribution is -2.07. The molecule has 0 radical (unpaired) electrons. The molecule has 0 nitrogen and oxygen atoms in total. The number of rotatable bonds is 2. The summed E-state index contributed by atoms with van der Waals surface area (Å²) >= 11 is 14.0. The maximum Gasteiger partial charge on any atom is 0.0542 e. The van der Waals surface area contributed by atoms with Gasteiger partial charge in [-0.2, -0.15) is 0 Å². The van der Waals surface area contributed by atoms with Crippen LogP contribution in [0.5, 0.6) is 0 Å². The first-order valence-corrected chi connectivity index (χ1v) is 7.01. The monoisotopic (exact) mass is 260 g/mol. The van der Waals surface area contributed by atoms with Crippen molar-refractivity contribution >= 4 is 35.0 Å². The van der Waals surface area contributed by atoms with E-state index in [9.17, 15) is 0 Å². The Kier molecular flexibility index (Phi) is 4.24. The van der Waals surface area contributed by atoms with Crippen LogP contribution in [0.15, 0.2) is 23.1 Å². The summed E-state index contributed by atoms with van der Waals surface area (Å²) in [5.41, 5.74) is 0. The van der Waals surface area contributed by atoms with Gasteiger partial charge in [0.25, 0.3) is 0 Å². The molecule has 0 unspecified atom stereocenters. The Morgan fingerprint density at radius 3 is 2.53 bits per heavy atom. The fourth-order valence-corrected chi connectivity index (χ4v) is 3.72. The second kappa shape index (κ2) is 5.47. The summed E-state index contributed by atoms with van der Waals surface area (Å²) in [7, 11) is 0. The predicted octanol–water partition coefficient (Wildman–Crippen LogP) is 5.42. The second-order valence-electron chi connectivity index (χ2n) is 3.95. The fourth-order valence-electron chi connectivity index (χ4n) is 1.93. The molecule has 0 N–H and O–H groups in total. The highest BCUT2D eigenvalue weighted by Crippen LogP contribution is 2.38. The van der Waals surface area contributed by atoms with Gasteiger partial charge in [0.2, 0.25) is 0 Å². The fraction of sp³-hybridized carbons (Fsp3) is 0.500. The molecule has 2 rings (SSSR count). The molecule has 0 aliphatic heterocycles. The van der Waals surface area contributed by atoms with E-state index in [4.69, 9.17) is 23.2 Å². The molecule has 0 bridgehead atoms. The molecule has 15 heavy (non-hydrogen) atoms. The molecular formula is C12H14Cl2S. The Morgan fingerprint density at radius 1 is 1.07 bits per heavy atom. The summed E-state index contributed by atoms with van der Waals surface area (Å²) in [4.78, 5) is 1.14. The van der Waals surface area contributed by atoms with Gasteiger partial charge in [0.1, 0.15) is 0 Å². The SMILES string of the molecule is Clc1ccc(Cl)c(SC2CCCCC2)c1. The molecule has 0 saturated heterocycles. The van der Waals surface area contributed by atoms with Crippen LogP contribution in [0.25, 0.3) is 0 Å². The lowest BCUT2D eigenvalue weighted by molar-refractivity contribution is 0.516. The number of thioether (sulfide) groups is 1. The molecule has 1 aliphatic rings. The molecule has 1 saturated carbocycles. The maximum atomic E-state index is 6.14. The van der Waals surface area contributed by atoms with Crippen molar-refractivity contribution in [2.45, 2.75) is 42.2 Å². The number of halogens is 2. The highest BCUT2D eigenvalue weighted by molar-refractivity contribution is 8.00. The molecule has 1 aliphatic carbocycles. The third-order valence-electron chi connectivity index (χ3n) is 2.74. The highest BCUT2D eigenvalue weighted by Gasteiger charge is 2.15. The normalized spacial score (nSPS) is 18.0. The summed E-state index contributed by atoms with van der Waals surface area (Å²) in [6, 6.07) is 5.70. The highest BCUT2D eigenvalue weighted by atomic mass is 35.5. The topological polar surface area (TPSA) is 0 Å². The lowest BCUT2D eigenvalue weighted by Gasteiger charge is -2.21. The van der Waals surface area contributed by atoms with Crippen LogP contribution in [0.2, 0.25) is 10.0 Å². The maximum absolute atomic E-state index is 6.14. The Balaban J connectivity index is 2.05. The third kappa shape index (κ3) is 3.30. The minimum atomic E-state index is 0.731. The van der Waals surface area contributed by atoms with E-state index in [0.717, 1.165) is 20.2 Å². The average molecular weight is 261 g/mol. The third-order valence-corrected chi connectivity index (χ3v) is 4.81. The summed E-state index contributed by atoms with van der Waals surface area (Å²) in [5.74, 6) is 0. The zero-order valence-corrected chi connectivity index (χ0v) is 10.8. The van der Waals surface area contributed by atoms with E-state index in [2.05, 4.69) is 0 Å². The quantitative estimate of drug-likeness (QED) is 0.685. The van der Waals surface area contributed by atoms with Crippen molar-refractivity contribution in [2.24, 2.45) is 0 Å². The molecule has 3 heteroatoms. The van der Waals surface area contributed by atoms with E-state index in [-0.39, 0.29) is 0 Å². The minimum Gasteiger partial charge on any atom is -0.121 e. The Labute approximate surface area is 105 Å². The van der Waals surface area contributed by atoms with Crippen molar-refractivity contribution < 1.29 is 0 Å². The summed E-state index contributed by atoms with van der Waals surface area (Å²) < 4.78 is 0. The van der Waals surface area contributed by atoms with Gasteiger partial charge >= 0.3 is 0 Å². The summed E-state index contributed by atoms with van der Waals surface area (Å²) in [5, 5.41) is 2.34. The van der Waals surface area contributed by atoms with Crippen molar-refractivity contribution in [3.63, 3.8) is 0 Å². The van der Waals surface area contributed by atoms with Crippen molar-refractivity contribution in [3.05, 3.63) is 28.2 Å². The smallest absolute Gasteiger partial charge is 0.0542 e. The van der Waals surface area contributed by atoms with Crippen molar-refractivity contribution in [3.8, 4) is 0 Å². The van der Waals surface area contributed by atoms with E-state index in [1.54, 1.807) is 0 Å².